The van der Waals surface area contributed by atoms with Crippen molar-refractivity contribution in [3.63, 3.8) is 0 Å². The van der Waals surface area contributed by atoms with Crippen LogP contribution in [0.5, 0.6) is 0 Å². The van der Waals surface area contributed by atoms with Crippen molar-refractivity contribution in [3.8, 4) is 0 Å². The first-order chi connectivity index (χ1) is 17.7. The third-order valence-electron chi connectivity index (χ3n) is 9.04. The van der Waals surface area contributed by atoms with Gasteiger partial charge in [-0.25, -0.2) is 4.89 Å². The zero-order valence-corrected chi connectivity index (χ0v) is 25.2. The minimum Gasteiger partial charge on any atom is -0.201 e. The summed E-state index contributed by atoms with van der Waals surface area (Å²) in [7, 11) is 0. The van der Waals surface area contributed by atoms with Crippen LogP contribution in [0.3, 0.4) is 0 Å². The number of unbranched alkanes of at least 4 members (excludes halogenated alkanes) is 13. The lowest BCUT2D eigenvalue weighted by atomic mass is 9.51. The minimum atomic E-state index is -0.0545. The van der Waals surface area contributed by atoms with E-state index in [1.165, 1.54) is 148 Å². The predicted molar refractivity (Wildman–Crippen MR) is 152 cm³/mol. The highest BCUT2D eigenvalue weighted by atomic mass is 17.7. The molecule has 0 N–H and O–H groups in total. The first-order valence-corrected chi connectivity index (χ1v) is 16.3. The standard InChI is InChI=1S/C32H64O4/c1-6-11-14-15-16-17-18-19-20-23-26-31(24-9-4,25-10-5)32(27-21-12-7-2,28-22-13-8-3)30-29-33-35-36-34-30/h30H,6-29H2,1-5H3. The largest absolute Gasteiger partial charge is 0.201 e. The molecule has 0 aliphatic carbocycles. The van der Waals surface area contributed by atoms with Crippen LogP contribution >= 0.6 is 0 Å². The summed E-state index contributed by atoms with van der Waals surface area (Å²) in [5.41, 5.74) is 0.347. The van der Waals surface area contributed by atoms with Crippen LogP contribution in [-0.4, -0.2) is 12.7 Å². The minimum absolute atomic E-state index is 0.0545. The van der Waals surface area contributed by atoms with Crippen LogP contribution < -0.4 is 0 Å². The molecule has 1 unspecified atom stereocenters. The van der Waals surface area contributed by atoms with Gasteiger partial charge in [0.05, 0.1) is 0 Å². The molecule has 0 aromatic carbocycles. The van der Waals surface area contributed by atoms with E-state index < -0.39 is 0 Å². The van der Waals surface area contributed by atoms with Gasteiger partial charge in [0, 0.05) is 5.41 Å². The molecule has 1 saturated heterocycles. The molecule has 0 bridgehead atoms. The van der Waals surface area contributed by atoms with E-state index in [1.54, 1.807) is 0 Å². The Bertz CT molecular complexity index is 459. The topological polar surface area (TPSA) is 36.9 Å². The van der Waals surface area contributed by atoms with Crippen molar-refractivity contribution in [2.24, 2.45) is 10.8 Å². The Kier molecular flexibility index (Phi) is 20.5. The summed E-state index contributed by atoms with van der Waals surface area (Å²) in [4.78, 5) is 11.4. The smallest absolute Gasteiger partial charge is 0.129 e. The zero-order chi connectivity index (χ0) is 26.4. The van der Waals surface area contributed by atoms with E-state index in [2.05, 4.69) is 34.6 Å². The average Bonchev–Trinajstić information content (AvgIpc) is 2.89. The van der Waals surface area contributed by atoms with Gasteiger partial charge in [-0.3, -0.25) is 0 Å². The molecule has 4 heteroatoms. The highest BCUT2D eigenvalue weighted by molar-refractivity contribution is 5.02. The van der Waals surface area contributed by atoms with Crippen molar-refractivity contribution in [3.05, 3.63) is 0 Å². The monoisotopic (exact) mass is 512 g/mol. The van der Waals surface area contributed by atoms with Crippen molar-refractivity contribution in [2.75, 3.05) is 6.61 Å². The third-order valence-corrected chi connectivity index (χ3v) is 9.04. The van der Waals surface area contributed by atoms with Crippen LogP contribution in [0.4, 0.5) is 0 Å². The van der Waals surface area contributed by atoms with Crippen LogP contribution in [0.25, 0.3) is 0 Å². The van der Waals surface area contributed by atoms with E-state index in [-0.39, 0.29) is 16.9 Å². The summed E-state index contributed by atoms with van der Waals surface area (Å²) >= 11 is 0. The van der Waals surface area contributed by atoms with Crippen LogP contribution in [-0.2, 0) is 19.9 Å². The van der Waals surface area contributed by atoms with Crippen LogP contribution in [0.1, 0.15) is 182 Å². The number of hydrogen-bond donors (Lipinski definition) is 0. The summed E-state index contributed by atoms with van der Waals surface area (Å²) in [6.45, 7) is 12.2. The molecule has 0 amide bonds. The molecule has 1 heterocycles. The summed E-state index contributed by atoms with van der Waals surface area (Å²) in [5, 5.41) is 9.76. The summed E-state index contributed by atoms with van der Waals surface area (Å²) in [6, 6.07) is 0. The Morgan fingerprint density at radius 2 is 0.917 bits per heavy atom. The summed E-state index contributed by atoms with van der Waals surface area (Å²) in [5.74, 6) is 0. The van der Waals surface area contributed by atoms with Gasteiger partial charge in [-0.1, -0.05) is 150 Å². The molecule has 1 aliphatic rings. The first kappa shape index (κ1) is 33.9. The highest BCUT2D eigenvalue weighted by Gasteiger charge is 2.55. The molecule has 36 heavy (non-hydrogen) atoms. The number of hydrogen-bond acceptors (Lipinski definition) is 4. The van der Waals surface area contributed by atoms with Gasteiger partial charge in [0.1, 0.15) is 12.7 Å². The summed E-state index contributed by atoms with van der Waals surface area (Å²) in [6.07, 6.45) is 30.2. The van der Waals surface area contributed by atoms with Gasteiger partial charge in [0.2, 0.25) is 0 Å². The van der Waals surface area contributed by atoms with Crippen LogP contribution in [0.15, 0.2) is 0 Å². The van der Waals surface area contributed by atoms with Gasteiger partial charge >= 0.3 is 0 Å². The predicted octanol–water partition coefficient (Wildman–Crippen LogP) is 11.2. The van der Waals surface area contributed by atoms with E-state index in [0.29, 0.717) is 6.61 Å². The number of rotatable bonds is 25. The molecule has 0 aromatic rings. The Morgan fingerprint density at radius 1 is 0.472 bits per heavy atom. The van der Waals surface area contributed by atoms with Crippen LogP contribution in [0, 0.1) is 10.8 Å². The van der Waals surface area contributed by atoms with Crippen LogP contribution in [0.2, 0.25) is 0 Å². The second kappa shape index (κ2) is 21.7. The normalized spacial score (nSPS) is 17.1. The Hall–Kier alpha value is -0.160. The quantitative estimate of drug-likeness (QED) is 0.0900. The fraction of sp³-hybridized carbons (Fsp3) is 1.00. The maximum atomic E-state index is 5.96. The lowest BCUT2D eigenvalue weighted by Gasteiger charge is -2.55. The maximum Gasteiger partial charge on any atom is 0.129 e. The maximum absolute atomic E-state index is 5.96. The molecule has 4 nitrogen and oxygen atoms in total. The van der Waals surface area contributed by atoms with E-state index in [4.69, 9.17) is 19.9 Å². The van der Waals surface area contributed by atoms with Crippen molar-refractivity contribution in [1.82, 2.24) is 0 Å². The molecule has 0 spiro atoms. The van der Waals surface area contributed by atoms with Gasteiger partial charge in [-0.2, -0.15) is 4.89 Å². The van der Waals surface area contributed by atoms with E-state index in [1.807, 2.05) is 0 Å². The lowest BCUT2D eigenvalue weighted by molar-refractivity contribution is -0.682. The van der Waals surface area contributed by atoms with Crippen molar-refractivity contribution in [2.45, 2.75) is 188 Å². The SMILES string of the molecule is CCCCCCCCCCCCC(CCC)(CCC)C(CCCCC)(CCCCC)C1COOOO1. The van der Waals surface area contributed by atoms with Gasteiger partial charge < -0.3 is 0 Å². The lowest BCUT2D eigenvalue weighted by Crippen LogP contribution is -2.54. The van der Waals surface area contributed by atoms with E-state index in [9.17, 15) is 0 Å². The van der Waals surface area contributed by atoms with E-state index >= 15 is 0 Å². The molecular formula is C32H64O4. The summed E-state index contributed by atoms with van der Waals surface area (Å²) < 4.78 is 0. The second-order valence-electron chi connectivity index (χ2n) is 11.8. The molecule has 1 aliphatic heterocycles. The van der Waals surface area contributed by atoms with Crippen molar-refractivity contribution < 1.29 is 19.9 Å². The molecule has 1 atom stereocenters. The first-order valence-electron chi connectivity index (χ1n) is 16.3. The third kappa shape index (κ3) is 11.7. The molecule has 216 valence electrons. The Labute approximate surface area is 225 Å². The highest BCUT2D eigenvalue weighted by Crippen LogP contribution is 2.59. The fourth-order valence-electron chi connectivity index (χ4n) is 7.18. The Balaban J connectivity index is 2.99. The molecule has 0 radical (unpaired) electrons. The zero-order valence-electron chi connectivity index (χ0n) is 25.2. The van der Waals surface area contributed by atoms with Crippen molar-refractivity contribution in [1.29, 1.82) is 0 Å². The second-order valence-corrected chi connectivity index (χ2v) is 11.8. The molecule has 0 aromatic heterocycles. The average molecular weight is 513 g/mol. The van der Waals surface area contributed by atoms with Crippen molar-refractivity contribution >= 4 is 0 Å². The molecule has 0 saturated carbocycles. The van der Waals surface area contributed by atoms with Gasteiger partial charge in [0.15, 0.2) is 0 Å². The molecule has 1 fully saturated rings. The van der Waals surface area contributed by atoms with Gasteiger partial charge in [-0.15, -0.1) is 0 Å². The molecule has 1 rings (SSSR count). The van der Waals surface area contributed by atoms with E-state index in [0.717, 1.165) is 0 Å². The molecular weight excluding hydrogens is 448 g/mol. The van der Waals surface area contributed by atoms with Gasteiger partial charge in [-0.05, 0) is 47.6 Å². The van der Waals surface area contributed by atoms with Gasteiger partial charge in [0.25, 0.3) is 0 Å². The fourth-order valence-corrected chi connectivity index (χ4v) is 7.18. The Morgan fingerprint density at radius 3 is 1.36 bits per heavy atom.